The van der Waals surface area contributed by atoms with E-state index in [1.807, 2.05) is 78.0 Å². The highest BCUT2D eigenvalue weighted by atomic mass is 31.2. The maximum absolute atomic E-state index is 15.0. The minimum atomic E-state index is -4.64. The Bertz CT molecular complexity index is 2410. The van der Waals surface area contributed by atoms with Gasteiger partial charge in [-0.25, -0.2) is 4.57 Å². The number of nitrogens with one attached hydrogen (secondary N) is 1. The number of phosphoric ester groups is 1. The Hall–Kier alpha value is -4.77. The summed E-state index contributed by atoms with van der Waals surface area (Å²) in [6.45, 7) is 21.5. The number of rotatable bonds is 28. The lowest BCUT2D eigenvalue weighted by atomic mass is 9.89. The van der Waals surface area contributed by atoms with E-state index in [9.17, 15) is 34.1 Å². The van der Waals surface area contributed by atoms with Gasteiger partial charge in [-0.05, 0) is 59.1 Å². The number of nitrogens with zero attached hydrogens (tertiary/aromatic N) is 3. The summed E-state index contributed by atoms with van der Waals surface area (Å²) >= 11 is 0. The van der Waals surface area contributed by atoms with Crippen LogP contribution in [0.15, 0.2) is 59.7 Å². The second-order valence-electron chi connectivity index (χ2n) is 22.1. The molecule has 446 valence electrons. The first-order valence-electron chi connectivity index (χ1n) is 27.9. The molecule has 22 nitrogen and oxygen atoms in total. The van der Waals surface area contributed by atoms with Gasteiger partial charge in [0.15, 0.2) is 27.0 Å². The number of hydrogen-bond acceptors (Lipinski definition) is 19. The first-order chi connectivity index (χ1) is 38.0. The number of fused-ring (bicyclic) bond motifs is 1. The Kier molecular flexibility index (Phi) is 25.6. The smallest absolute Gasteiger partial charge is 0.462 e. The predicted octanol–water partition coefficient (Wildman–Crippen LogP) is 10.2. The van der Waals surface area contributed by atoms with Crippen LogP contribution < -0.4 is 5.32 Å². The fourth-order valence-electron chi connectivity index (χ4n) is 8.75. The Morgan fingerprint density at radius 1 is 0.750 bits per heavy atom. The van der Waals surface area contributed by atoms with Gasteiger partial charge in [-0.3, -0.25) is 37.5 Å². The lowest BCUT2D eigenvalue weighted by molar-refractivity contribution is -0.292. The maximum Gasteiger partial charge on any atom is 0.475 e. The zero-order valence-corrected chi connectivity index (χ0v) is 50.4. The molecule has 0 spiro atoms. The van der Waals surface area contributed by atoms with Crippen molar-refractivity contribution in [2.45, 2.75) is 226 Å². The molecule has 1 amide bonds. The van der Waals surface area contributed by atoms with Crippen molar-refractivity contribution in [1.29, 1.82) is 0 Å². The summed E-state index contributed by atoms with van der Waals surface area (Å²) < 4.78 is 90.5. The largest absolute Gasteiger partial charge is 0.475 e. The topological polar surface area (TPSA) is 274 Å². The monoisotopic (exact) mass is 1160 g/mol. The summed E-state index contributed by atoms with van der Waals surface area (Å²) in [5.41, 5.74) is 12.1. The molecule has 2 saturated heterocycles. The Labute approximate surface area is 471 Å². The summed E-state index contributed by atoms with van der Waals surface area (Å²) in [7, 11) is -7.36. The molecule has 3 heterocycles. The average molecular weight is 1160 g/mol. The molecule has 3 aliphatic rings. The summed E-state index contributed by atoms with van der Waals surface area (Å²) in [5, 5.41) is 6.68. The van der Waals surface area contributed by atoms with Crippen LogP contribution in [0, 0.1) is 11.8 Å². The number of hydrogen-bond donors (Lipinski definition) is 1. The van der Waals surface area contributed by atoms with Gasteiger partial charge < -0.3 is 47.6 Å². The number of carbonyl (C=O) groups is 5. The fraction of sp³-hybridized carbons (Fsp3) is 0.696. The molecule has 3 aliphatic heterocycles. The zero-order valence-electron chi connectivity index (χ0n) is 48.5. The number of benzene rings is 2. The minimum absolute atomic E-state index is 0.00911. The third-order valence-corrected chi connectivity index (χ3v) is 20.8. The SMILES string of the molecule is CCC(=O)O[C@H](CC)CC(=O)NC1[C@H](OCC2O[C@@H](O[Si](C)(C)C(C)(C)C)C(N=[N+]=[N-])[C@@H](OC(=O)C[C@H](C)CC)[C@@H]2C)OC(COCc2ccccc2)[C@@H](OP2(=O)OCc3ccccc3CO2)[C@@H]1OC(=O)C[C@@H](CC)OC(=O)CC. The molecular weight excluding hydrogens is 1080 g/mol. The normalized spacial score (nSPS) is 25.9. The van der Waals surface area contributed by atoms with E-state index in [-0.39, 0.29) is 82.5 Å². The van der Waals surface area contributed by atoms with Gasteiger partial charge in [0, 0.05) is 30.1 Å². The first kappa shape index (κ1) is 66.0. The van der Waals surface area contributed by atoms with E-state index in [0.717, 1.165) is 5.56 Å². The number of ether oxygens (including phenoxy) is 8. The van der Waals surface area contributed by atoms with Gasteiger partial charge in [-0.2, -0.15) is 0 Å². The molecule has 80 heavy (non-hydrogen) atoms. The highest BCUT2D eigenvalue weighted by molar-refractivity contribution is 7.48. The molecule has 0 aromatic heterocycles. The highest BCUT2D eigenvalue weighted by Crippen LogP contribution is 2.55. The van der Waals surface area contributed by atoms with Gasteiger partial charge in [-0.15, -0.1) is 0 Å². The summed E-state index contributed by atoms with van der Waals surface area (Å²) in [6.07, 6.45) is -10.7. The first-order valence-corrected chi connectivity index (χ1v) is 32.3. The standard InChI is InChI=1S/C56H85N4O18PSi/c1-13-35(6)27-47(64)75-51-36(7)42(73-55(50(51)59-60-57)78-80(11,12)56(8,9)10)34-68-54-49(58-44(61)28-40(14-2)71-45(62)16-4)53(76-48(65)29-41(15-3)72-46(63)17-5)52(43(74-54)33-67-30-37-23-19-18-20-24-37)77-79(66)69-31-38-25-21-22-26-39(38)32-70-79/h18-26,35-36,40-43,49-55H,13-17,27-34H2,1-12H3,(H,58,61)/t35-,36-,40-,41-,42?,43?,49?,50?,51+,52-,53-,54-,55+/m1/s1. The van der Waals surface area contributed by atoms with Crippen LogP contribution in [0.5, 0.6) is 0 Å². The van der Waals surface area contributed by atoms with E-state index < -0.39 is 126 Å². The van der Waals surface area contributed by atoms with E-state index in [1.54, 1.807) is 58.9 Å². The van der Waals surface area contributed by atoms with Crippen molar-refractivity contribution in [3.8, 4) is 0 Å². The minimum Gasteiger partial charge on any atom is -0.462 e. The van der Waals surface area contributed by atoms with Crippen LogP contribution in [0.3, 0.4) is 0 Å². The lowest BCUT2D eigenvalue weighted by Gasteiger charge is -2.49. The number of esters is 4. The van der Waals surface area contributed by atoms with E-state index in [2.05, 4.69) is 15.3 Å². The van der Waals surface area contributed by atoms with Gasteiger partial charge in [0.1, 0.15) is 42.6 Å². The molecule has 0 bridgehead atoms. The predicted molar refractivity (Wildman–Crippen MR) is 294 cm³/mol. The van der Waals surface area contributed by atoms with Crippen LogP contribution in [0.1, 0.15) is 137 Å². The van der Waals surface area contributed by atoms with Crippen molar-refractivity contribution >= 4 is 45.9 Å². The van der Waals surface area contributed by atoms with E-state index >= 15 is 0 Å². The zero-order chi connectivity index (χ0) is 58.8. The number of carbonyl (C=O) groups excluding carboxylic acids is 5. The molecule has 0 aliphatic carbocycles. The van der Waals surface area contributed by atoms with Crippen LogP contribution in [0.4, 0.5) is 0 Å². The van der Waals surface area contributed by atoms with Crippen molar-refractivity contribution in [1.82, 2.24) is 5.32 Å². The summed E-state index contributed by atoms with van der Waals surface area (Å²) in [6, 6.07) is 13.8. The molecule has 24 heteroatoms. The van der Waals surface area contributed by atoms with Gasteiger partial charge in [0.2, 0.25) is 5.91 Å². The molecule has 5 rings (SSSR count). The lowest BCUT2D eigenvalue weighted by Crippen LogP contribution is -2.67. The molecule has 0 radical (unpaired) electrons. The number of phosphoric acid groups is 1. The molecule has 0 saturated carbocycles. The number of amides is 1. The van der Waals surface area contributed by atoms with Gasteiger partial charge in [0.05, 0.1) is 52.0 Å². The van der Waals surface area contributed by atoms with Crippen LogP contribution >= 0.6 is 7.82 Å². The third-order valence-electron chi connectivity index (χ3n) is 15.0. The van der Waals surface area contributed by atoms with Crippen molar-refractivity contribution in [2.24, 2.45) is 17.0 Å². The molecule has 13 atom stereocenters. The molecule has 2 aromatic carbocycles. The average Bonchev–Trinajstić information content (AvgIpc) is 3.74. The molecule has 2 fully saturated rings. The summed E-state index contributed by atoms with van der Waals surface area (Å²) in [4.78, 5) is 70.8. The van der Waals surface area contributed by atoms with Gasteiger partial charge in [-0.1, -0.05) is 135 Å². The van der Waals surface area contributed by atoms with Crippen molar-refractivity contribution in [3.05, 3.63) is 81.7 Å². The Morgan fingerprint density at radius 3 is 1.88 bits per heavy atom. The molecular formula is C56H85N4O18PSi. The van der Waals surface area contributed by atoms with E-state index in [4.69, 9.17) is 55.9 Å². The quantitative estimate of drug-likeness (QED) is 0.0158. The fourth-order valence-corrected chi connectivity index (χ4v) is 11.2. The maximum atomic E-state index is 15.0. The van der Waals surface area contributed by atoms with Gasteiger partial charge in [0.25, 0.3) is 0 Å². The van der Waals surface area contributed by atoms with Crippen molar-refractivity contribution in [3.63, 3.8) is 0 Å². The second kappa shape index (κ2) is 31.0. The van der Waals surface area contributed by atoms with Crippen LogP contribution in [-0.2, 0) is 104 Å². The molecule has 4 unspecified atom stereocenters. The number of azide groups is 1. The molecule has 2 aromatic rings. The van der Waals surface area contributed by atoms with Crippen LogP contribution in [0.25, 0.3) is 10.4 Å². The Morgan fingerprint density at radius 2 is 1.31 bits per heavy atom. The third kappa shape index (κ3) is 19.2. The van der Waals surface area contributed by atoms with Gasteiger partial charge >= 0.3 is 31.7 Å². The van der Waals surface area contributed by atoms with E-state index in [1.165, 1.54) is 0 Å². The van der Waals surface area contributed by atoms with Crippen molar-refractivity contribution in [2.75, 3.05) is 13.2 Å². The highest BCUT2D eigenvalue weighted by Gasteiger charge is 2.55. The van der Waals surface area contributed by atoms with E-state index in [0.29, 0.717) is 17.5 Å². The Balaban J connectivity index is 1.64. The second-order valence-corrected chi connectivity index (χ2v) is 28.4. The summed E-state index contributed by atoms with van der Waals surface area (Å²) in [5.74, 6) is -3.92. The van der Waals surface area contributed by atoms with Crippen molar-refractivity contribution < 1.29 is 84.4 Å². The van der Waals surface area contributed by atoms with Crippen LogP contribution in [-0.4, -0.2) is 119 Å². The molecule has 1 N–H and O–H groups in total. The van der Waals surface area contributed by atoms with Crippen LogP contribution in [0.2, 0.25) is 18.1 Å².